The molecule has 166 valence electrons. The molecule has 2 N–H and O–H groups in total. The van der Waals surface area contributed by atoms with Crippen molar-refractivity contribution in [3.8, 4) is 0 Å². The third-order valence-electron chi connectivity index (χ3n) is 4.92. The molecule has 2 aromatic carbocycles. The first-order valence-corrected chi connectivity index (χ1v) is 10.5. The predicted molar refractivity (Wildman–Crippen MR) is 122 cm³/mol. The van der Waals surface area contributed by atoms with Crippen LogP contribution >= 0.6 is 0 Å². The number of nitrogens with one attached hydrogen (secondary N) is 2. The summed E-state index contributed by atoms with van der Waals surface area (Å²) in [5.74, 6) is -1.66. The molecule has 0 bridgehead atoms. The van der Waals surface area contributed by atoms with Gasteiger partial charge in [0.1, 0.15) is 6.04 Å². The van der Waals surface area contributed by atoms with Gasteiger partial charge in [-0.15, -0.1) is 0 Å². The quantitative estimate of drug-likeness (QED) is 0.649. The second-order valence-corrected chi connectivity index (χ2v) is 8.96. The number of benzene rings is 2. The van der Waals surface area contributed by atoms with Crippen molar-refractivity contribution in [3.05, 3.63) is 65.7 Å². The van der Waals surface area contributed by atoms with Crippen LogP contribution in [0.25, 0.3) is 0 Å². The highest BCUT2D eigenvalue weighted by Gasteiger charge is 2.29. The van der Waals surface area contributed by atoms with Crippen LogP contribution < -0.4 is 10.6 Å². The van der Waals surface area contributed by atoms with Gasteiger partial charge in [0, 0.05) is 11.3 Å². The van der Waals surface area contributed by atoms with Crippen molar-refractivity contribution in [1.29, 1.82) is 0 Å². The second kappa shape index (κ2) is 10.2. The summed E-state index contributed by atoms with van der Waals surface area (Å²) in [5, 5.41) is 5.44. The second-order valence-electron chi connectivity index (χ2n) is 8.96. The molecule has 0 radical (unpaired) electrons. The maximum absolute atomic E-state index is 12.7. The van der Waals surface area contributed by atoms with Crippen molar-refractivity contribution in [2.45, 2.75) is 59.1 Å². The summed E-state index contributed by atoms with van der Waals surface area (Å²) in [6.45, 7) is 11.4. The van der Waals surface area contributed by atoms with Crippen molar-refractivity contribution in [2.75, 3.05) is 5.32 Å². The van der Waals surface area contributed by atoms with E-state index in [1.54, 1.807) is 36.4 Å². The van der Waals surface area contributed by atoms with E-state index in [-0.39, 0.29) is 17.2 Å². The number of amides is 2. The molecule has 0 unspecified atom stereocenters. The minimum Gasteiger partial charge on any atom is -0.451 e. The highest BCUT2D eigenvalue weighted by atomic mass is 16.5. The maximum atomic E-state index is 12.7. The van der Waals surface area contributed by atoms with Gasteiger partial charge >= 0.3 is 5.97 Å². The summed E-state index contributed by atoms with van der Waals surface area (Å²) < 4.78 is 5.34. The van der Waals surface area contributed by atoms with Crippen molar-refractivity contribution in [3.63, 3.8) is 0 Å². The van der Waals surface area contributed by atoms with E-state index in [0.29, 0.717) is 11.3 Å². The molecule has 31 heavy (non-hydrogen) atoms. The van der Waals surface area contributed by atoms with Crippen LogP contribution in [0.5, 0.6) is 0 Å². The Balaban J connectivity index is 2.01. The van der Waals surface area contributed by atoms with E-state index >= 15 is 0 Å². The molecule has 2 atom stereocenters. The molecule has 0 fully saturated rings. The Morgan fingerprint density at radius 3 is 1.97 bits per heavy atom. The lowest BCUT2D eigenvalue weighted by molar-refractivity contribution is -0.156. The average Bonchev–Trinajstić information content (AvgIpc) is 2.71. The molecule has 0 spiro atoms. The topological polar surface area (TPSA) is 84.5 Å². The van der Waals surface area contributed by atoms with Crippen LogP contribution in [0.15, 0.2) is 54.6 Å². The lowest BCUT2D eigenvalue weighted by atomic mass is 9.86. The zero-order chi connectivity index (χ0) is 23.2. The largest absolute Gasteiger partial charge is 0.451 e. The van der Waals surface area contributed by atoms with Crippen LogP contribution in [0, 0.1) is 5.92 Å². The molecule has 0 heterocycles. The zero-order valence-electron chi connectivity index (χ0n) is 19.1. The lowest BCUT2D eigenvalue weighted by Crippen LogP contribution is -2.47. The minimum absolute atomic E-state index is 0.0181. The first-order chi connectivity index (χ1) is 14.5. The number of ether oxygens (including phenoxy) is 1. The number of hydrogen-bond acceptors (Lipinski definition) is 4. The van der Waals surface area contributed by atoms with Gasteiger partial charge < -0.3 is 15.4 Å². The van der Waals surface area contributed by atoms with Gasteiger partial charge in [0.25, 0.3) is 11.8 Å². The lowest BCUT2D eigenvalue weighted by Gasteiger charge is -2.23. The Kier molecular flexibility index (Phi) is 7.97. The number of esters is 1. The predicted octanol–water partition coefficient (Wildman–Crippen LogP) is 4.31. The molecule has 2 aromatic rings. The van der Waals surface area contributed by atoms with E-state index in [1.807, 2.05) is 32.0 Å². The molecule has 0 aliphatic rings. The Bertz CT molecular complexity index is 899. The van der Waals surface area contributed by atoms with Gasteiger partial charge in [0.15, 0.2) is 6.10 Å². The fourth-order valence-electron chi connectivity index (χ4n) is 2.91. The summed E-state index contributed by atoms with van der Waals surface area (Å²) >= 11 is 0. The van der Waals surface area contributed by atoms with E-state index in [1.165, 1.54) is 6.92 Å². The Labute approximate surface area is 184 Å². The molecular weight excluding hydrogens is 392 g/mol. The number of carbonyl (C=O) groups is 3. The highest BCUT2D eigenvalue weighted by molar-refractivity contribution is 5.98. The molecule has 0 aliphatic heterocycles. The molecule has 6 heteroatoms. The SMILES string of the molecule is CC(C)[C@H](NC(=O)c1ccc(C(C)(C)C)cc1)C(=O)O[C@H](C)C(=O)Nc1ccccc1. The third-order valence-corrected chi connectivity index (χ3v) is 4.92. The summed E-state index contributed by atoms with van der Waals surface area (Å²) in [6, 6.07) is 15.4. The number of hydrogen-bond donors (Lipinski definition) is 2. The van der Waals surface area contributed by atoms with Gasteiger partial charge in [-0.05, 0) is 48.1 Å². The molecule has 2 rings (SSSR count). The van der Waals surface area contributed by atoms with Gasteiger partial charge in [-0.25, -0.2) is 4.79 Å². The Hall–Kier alpha value is -3.15. The number of anilines is 1. The number of carbonyl (C=O) groups excluding carboxylic acids is 3. The molecule has 0 aliphatic carbocycles. The molecule has 6 nitrogen and oxygen atoms in total. The van der Waals surface area contributed by atoms with Crippen molar-refractivity contribution in [1.82, 2.24) is 5.32 Å². The molecule has 0 saturated carbocycles. The van der Waals surface area contributed by atoms with Gasteiger partial charge in [0.05, 0.1) is 0 Å². The van der Waals surface area contributed by atoms with E-state index < -0.39 is 24.0 Å². The van der Waals surface area contributed by atoms with Gasteiger partial charge in [-0.2, -0.15) is 0 Å². The number of rotatable bonds is 7. The molecular formula is C25H32N2O4. The summed E-state index contributed by atoms with van der Waals surface area (Å²) in [6.07, 6.45) is -1.00. The Morgan fingerprint density at radius 1 is 0.871 bits per heavy atom. The first-order valence-electron chi connectivity index (χ1n) is 10.5. The van der Waals surface area contributed by atoms with Gasteiger partial charge in [-0.3, -0.25) is 9.59 Å². The van der Waals surface area contributed by atoms with E-state index in [9.17, 15) is 14.4 Å². The standard InChI is InChI=1S/C25H32N2O4/c1-16(2)21(27-23(29)18-12-14-19(15-13-18)25(4,5)6)24(30)31-17(3)22(28)26-20-10-8-7-9-11-20/h7-17,21H,1-6H3,(H,26,28)(H,27,29)/t17-,21+/m1/s1. The monoisotopic (exact) mass is 424 g/mol. The molecule has 0 saturated heterocycles. The van der Waals surface area contributed by atoms with Crippen LogP contribution in [0.3, 0.4) is 0 Å². The molecule has 2 amide bonds. The fraction of sp³-hybridized carbons (Fsp3) is 0.400. The summed E-state index contributed by atoms with van der Waals surface area (Å²) in [5.41, 5.74) is 2.17. The van der Waals surface area contributed by atoms with Crippen LogP contribution in [0.1, 0.15) is 57.5 Å². The third kappa shape index (κ3) is 6.95. The summed E-state index contributed by atoms with van der Waals surface area (Å²) in [7, 11) is 0. The van der Waals surface area contributed by atoms with Crippen LogP contribution in [-0.4, -0.2) is 29.9 Å². The van der Waals surface area contributed by atoms with Crippen molar-refractivity contribution < 1.29 is 19.1 Å². The van der Waals surface area contributed by atoms with Gasteiger partial charge in [0.2, 0.25) is 0 Å². The summed E-state index contributed by atoms with van der Waals surface area (Å²) in [4.78, 5) is 37.7. The van der Waals surface area contributed by atoms with E-state index in [2.05, 4.69) is 31.4 Å². The van der Waals surface area contributed by atoms with Crippen LogP contribution in [0.2, 0.25) is 0 Å². The van der Waals surface area contributed by atoms with Gasteiger partial charge in [-0.1, -0.05) is 65.0 Å². The zero-order valence-corrected chi connectivity index (χ0v) is 19.1. The van der Waals surface area contributed by atoms with Crippen LogP contribution in [0.4, 0.5) is 5.69 Å². The van der Waals surface area contributed by atoms with Crippen molar-refractivity contribution >= 4 is 23.5 Å². The van der Waals surface area contributed by atoms with Crippen molar-refractivity contribution in [2.24, 2.45) is 5.92 Å². The average molecular weight is 425 g/mol. The first kappa shape index (κ1) is 24.1. The smallest absolute Gasteiger partial charge is 0.329 e. The maximum Gasteiger partial charge on any atom is 0.329 e. The fourth-order valence-corrected chi connectivity index (χ4v) is 2.91. The number of para-hydroxylation sites is 1. The molecule has 0 aromatic heterocycles. The normalized spacial score (nSPS) is 13.3. The highest BCUT2D eigenvalue weighted by Crippen LogP contribution is 2.22. The Morgan fingerprint density at radius 2 is 1.45 bits per heavy atom. The van der Waals surface area contributed by atoms with Crippen LogP contribution in [-0.2, 0) is 19.7 Å². The minimum atomic E-state index is -1.00. The van der Waals surface area contributed by atoms with E-state index in [0.717, 1.165) is 5.56 Å². The van der Waals surface area contributed by atoms with E-state index in [4.69, 9.17) is 4.74 Å².